The minimum Gasteiger partial charge on any atom is -0.497 e. The molecule has 0 aliphatic heterocycles. The Morgan fingerprint density at radius 2 is 1.02 bits per heavy atom. The van der Waals surface area contributed by atoms with Crippen LogP contribution < -0.4 is 24.4 Å². The second kappa shape index (κ2) is 17.5. The molecule has 0 bridgehead atoms. The van der Waals surface area contributed by atoms with Gasteiger partial charge in [0.2, 0.25) is 0 Å². The van der Waals surface area contributed by atoms with E-state index in [-0.39, 0.29) is 5.43 Å². The Hall–Kier alpha value is -5.11. The molecule has 1 heterocycles. The van der Waals surface area contributed by atoms with Gasteiger partial charge in [-0.3, -0.25) is 4.79 Å². The molecule has 0 spiro atoms. The van der Waals surface area contributed by atoms with Crippen molar-refractivity contribution in [3.8, 4) is 34.1 Å². The summed E-state index contributed by atoms with van der Waals surface area (Å²) >= 11 is 0. The molecule has 0 amide bonds. The maximum absolute atomic E-state index is 13.0. The van der Waals surface area contributed by atoms with Gasteiger partial charge in [-0.15, -0.1) is 0 Å². The van der Waals surface area contributed by atoms with E-state index in [0.29, 0.717) is 35.5 Å². The fourth-order valence-electron chi connectivity index (χ4n) is 5.19. The molecule has 5 aromatic rings. The van der Waals surface area contributed by atoms with Gasteiger partial charge in [0.25, 0.3) is 0 Å². The highest BCUT2D eigenvalue weighted by Gasteiger charge is 2.10. The lowest BCUT2D eigenvalue weighted by Gasteiger charge is -2.08. The number of azo groups is 1. The standard InChI is InChI=1S/C39H42N2O6/c1-43-32-17-11-29(12-18-32)37-28-47-38-27-35(23-24-36(38)39(37)42)46-26-10-8-6-4-3-5-7-9-25-45-34-21-15-31(16-22-34)41-40-30-13-19-33(44-2)20-14-30/h11-24,27-28H,3-10,25-26H2,1-2H3. The minimum absolute atomic E-state index is 0.0633. The second-order valence-electron chi connectivity index (χ2n) is 11.3. The first-order valence-electron chi connectivity index (χ1n) is 16.2. The molecule has 0 unspecified atom stereocenters. The lowest BCUT2D eigenvalue weighted by molar-refractivity contribution is 0.301. The Bertz CT molecular complexity index is 1760. The van der Waals surface area contributed by atoms with Crippen LogP contribution in [0.25, 0.3) is 22.1 Å². The van der Waals surface area contributed by atoms with Gasteiger partial charge in [-0.2, -0.15) is 10.2 Å². The highest BCUT2D eigenvalue weighted by atomic mass is 16.5. The Balaban J connectivity index is 0.903. The van der Waals surface area contributed by atoms with Crippen molar-refractivity contribution < 1.29 is 23.4 Å². The first-order chi connectivity index (χ1) is 23.1. The molecule has 244 valence electrons. The van der Waals surface area contributed by atoms with Crippen LogP contribution in [0.15, 0.2) is 117 Å². The average Bonchev–Trinajstić information content (AvgIpc) is 3.12. The number of rotatable bonds is 18. The molecule has 0 atom stereocenters. The normalized spacial score (nSPS) is 11.2. The molecule has 0 saturated heterocycles. The number of fused-ring (bicyclic) bond motifs is 1. The third-order valence-corrected chi connectivity index (χ3v) is 7.91. The minimum atomic E-state index is -0.0633. The van der Waals surface area contributed by atoms with E-state index in [2.05, 4.69) is 10.2 Å². The van der Waals surface area contributed by atoms with Crippen LogP contribution in [0, 0.1) is 0 Å². The zero-order chi connectivity index (χ0) is 32.7. The molecule has 0 saturated carbocycles. The van der Waals surface area contributed by atoms with Gasteiger partial charge in [-0.1, -0.05) is 50.7 Å². The van der Waals surface area contributed by atoms with Gasteiger partial charge in [0.1, 0.15) is 34.8 Å². The highest BCUT2D eigenvalue weighted by molar-refractivity contribution is 5.82. The van der Waals surface area contributed by atoms with E-state index < -0.39 is 0 Å². The predicted molar refractivity (Wildman–Crippen MR) is 186 cm³/mol. The summed E-state index contributed by atoms with van der Waals surface area (Å²) in [5.74, 6) is 3.10. The third kappa shape index (κ3) is 9.94. The summed E-state index contributed by atoms with van der Waals surface area (Å²) in [6.07, 6.45) is 10.7. The van der Waals surface area contributed by atoms with Gasteiger partial charge in [0.05, 0.1) is 49.8 Å². The SMILES string of the molecule is COc1ccc(N=Nc2ccc(OCCCCCCCCCCOc3ccc4c(=O)c(-c5ccc(OC)cc5)coc4c3)cc2)cc1. The molecule has 0 fully saturated rings. The topological polar surface area (TPSA) is 91.9 Å². The summed E-state index contributed by atoms with van der Waals surface area (Å²) in [6, 6.07) is 27.9. The predicted octanol–water partition coefficient (Wildman–Crippen LogP) is 10.5. The molecule has 0 aliphatic carbocycles. The third-order valence-electron chi connectivity index (χ3n) is 7.91. The summed E-state index contributed by atoms with van der Waals surface area (Å²) in [4.78, 5) is 13.0. The first-order valence-corrected chi connectivity index (χ1v) is 16.2. The van der Waals surface area contributed by atoms with E-state index in [9.17, 15) is 4.79 Å². The van der Waals surface area contributed by atoms with E-state index in [1.165, 1.54) is 31.9 Å². The largest absolute Gasteiger partial charge is 0.497 e. The van der Waals surface area contributed by atoms with Crippen molar-refractivity contribution in [3.05, 3.63) is 107 Å². The summed E-state index contributed by atoms with van der Waals surface area (Å²) < 4.78 is 28.0. The molecular formula is C39H42N2O6. The second-order valence-corrected chi connectivity index (χ2v) is 11.3. The zero-order valence-corrected chi connectivity index (χ0v) is 27.2. The number of methoxy groups -OCH3 is 2. The Labute approximate surface area is 276 Å². The van der Waals surface area contributed by atoms with Crippen molar-refractivity contribution in [1.82, 2.24) is 0 Å². The molecule has 5 rings (SSSR count). The summed E-state index contributed by atoms with van der Waals surface area (Å²) in [5.41, 5.74) is 3.33. The van der Waals surface area contributed by atoms with Crippen LogP contribution in [0.3, 0.4) is 0 Å². The van der Waals surface area contributed by atoms with Crippen molar-refractivity contribution in [3.63, 3.8) is 0 Å². The van der Waals surface area contributed by atoms with Gasteiger partial charge in [0.15, 0.2) is 5.43 Å². The lowest BCUT2D eigenvalue weighted by Crippen LogP contribution is -2.05. The molecular weight excluding hydrogens is 592 g/mol. The maximum atomic E-state index is 13.0. The van der Waals surface area contributed by atoms with E-state index >= 15 is 0 Å². The number of hydrogen-bond acceptors (Lipinski definition) is 8. The summed E-state index contributed by atoms with van der Waals surface area (Å²) in [5, 5.41) is 9.08. The Kier molecular flexibility index (Phi) is 12.4. The summed E-state index contributed by atoms with van der Waals surface area (Å²) in [7, 11) is 3.26. The molecule has 0 N–H and O–H groups in total. The zero-order valence-electron chi connectivity index (χ0n) is 27.2. The molecule has 47 heavy (non-hydrogen) atoms. The molecule has 1 aromatic heterocycles. The first kappa shape index (κ1) is 33.3. The number of nitrogens with zero attached hydrogens (tertiary/aromatic N) is 2. The van der Waals surface area contributed by atoms with Crippen molar-refractivity contribution in [2.45, 2.75) is 51.4 Å². The van der Waals surface area contributed by atoms with Crippen LogP contribution >= 0.6 is 0 Å². The Morgan fingerprint density at radius 3 is 1.57 bits per heavy atom. The molecule has 8 heteroatoms. The fourth-order valence-corrected chi connectivity index (χ4v) is 5.19. The van der Waals surface area contributed by atoms with Gasteiger partial charge < -0.3 is 23.4 Å². The molecule has 4 aromatic carbocycles. The number of unbranched alkanes of at least 4 members (excludes halogenated alkanes) is 7. The van der Waals surface area contributed by atoms with E-state index in [4.69, 9.17) is 23.4 Å². The average molecular weight is 635 g/mol. The Morgan fingerprint density at radius 1 is 0.553 bits per heavy atom. The quantitative estimate of drug-likeness (QED) is 0.0703. The fraction of sp³-hybridized carbons (Fsp3) is 0.308. The molecule has 0 aliphatic rings. The van der Waals surface area contributed by atoms with Crippen LogP contribution in [0.5, 0.6) is 23.0 Å². The van der Waals surface area contributed by atoms with Gasteiger partial charge in [0, 0.05) is 6.07 Å². The van der Waals surface area contributed by atoms with Crippen LogP contribution in [0.1, 0.15) is 51.4 Å². The van der Waals surface area contributed by atoms with Crippen LogP contribution in [0.4, 0.5) is 11.4 Å². The highest BCUT2D eigenvalue weighted by Crippen LogP contribution is 2.26. The smallest absolute Gasteiger partial charge is 0.200 e. The van der Waals surface area contributed by atoms with E-state index in [1.54, 1.807) is 26.4 Å². The van der Waals surface area contributed by atoms with Crippen molar-refractivity contribution in [2.24, 2.45) is 10.2 Å². The number of hydrogen-bond donors (Lipinski definition) is 0. The van der Waals surface area contributed by atoms with E-state index in [0.717, 1.165) is 59.9 Å². The van der Waals surface area contributed by atoms with Gasteiger partial charge in [-0.25, -0.2) is 0 Å². The number of ether oxygens (including phenoxy) is 4. The van der Waals surface area contributed by atoms with Crippen LogP contribution in [-0.4, -0.2) is 27.4 Å². The van der Waals surface area contributed by atoms with Crippen molar-refractivity contribution in [1.29, 1.82) is 0 Å². The van der Waals surface area contributed by atoms with Crippen LogP contribution in [0.2, 0.25) is 0 Å². The van der Waals surface area contributed by atoms with Gasteiger partial charge in [-0.05, 0) is 91.2 Å². The maximum Gasteiger partial charge on any atom is 0.200 e. The van der Waals surface area contributed by atoms with E-state index in [1.807, 2.05) is 78.9 Å². The molecule has 8 nitrogen and oxygen atoms in total. The number of benzene rings is 4. The van der Waals surface area contributed by atoms with Crippen molar-refractivity contribution >= 4 is 22.3 Å². The van der Waals surface area contributed by atoms with Crippen molar-refractivity contribution in [2.75, 3.05) is 27.4 Å². The van der Waals surface area contributed by atoms with Crippen LogP contribution in [-0.2, 0) is 0 Å². The lowest BCUT2D eigenvalue weighted by atomic mass is 10.1. The van der Waals surface area contributed by atoms with Gasteiger partial charge >= 0.3 is 0 Å². The summed E-state index contributed by atoms with van der Waals surface area (Å²) in [6.45, 7) is 1.36. The monoisotopic (exact) mass is 634 g/mol. The molecule has 0 radical (unpaired) electrons.